The fraction of sp³-hybridized carbons (Fsp3) is 0. The minimum atomic E-state index is 1.08. The van der Waals surface area contributed by atoms with Crippen LogP contribution in [0.5, 0.6) is 0 Å². The molecule has 0 aromatic heterocycles. The van der Waals surface area contributed by atoms with E-state index in [1.807, 2.05) is 0 Å². The van der Waals surface area contributed by atoms with E-state index in [0.717, 1.165) is 17.1 Å². The van der Waals surface area contributed by atoms with Crippen molar-refractivity contribution < 1.29 is 0 Å². The Morgan fingerprint density at radius 3 is 1.20 bits per heavy atom. The molecule has 0 aliphatic heterocycles. The zero-order chi connectivity index (χ0) is 36.8. The van der Waals surface area contributed by atoms with Gasteiger partial charge in [-0.3, -0.25) is 0 Å². The molecular weight excluding hydrogens is 663 g/mol. The highest BCUT2D eigenvalue weighted by atomic mass is 15.1. The van der Waals surface area contributed by atoms with Gasteiger partial charge in [0.1, 0.15) is 0 Å². The van der Waals surface area contributed by atoms with Gasteiger partial charge in [-0.2, -0.15) is 0 Å². The highest BCUT2D eigenvalue weighted by Crippen LogP contribution is 2.48. The number of hydrogen-bond donors (Lipinski definition) is 0. The third-order valence-corrected chi connectivity index (χ3v) is 10.3. The molecule has 0 atom stereocenters. The van der Waals surface area contributed by atoms with Crippen LogP contribution in [0.2, 0.25) is 0 Å². The van der Waals surface area contributed by atoms with Crippen molar-refractivity contribution in [2.24, 2.45) is 0 Å². The van der Waals surface area contributed by atoms with E-state index in [1.54, 1.807) is 0 Å². The maximum Gasteiger partial charge on any atom is 0.0546 e. The highest BCUT2D eigenvalue weighted by molar-refractivity contribution is 6.01. The van der Waals surface area contributed by atoms with Gasteiger partial charge in [-0.15, -0.1) is 0 Å². The number of benzene rings is 9. The first-order chi connectivity index (χ1) is 27.3. The fourth-order valence-corrected chi connectivity index (χ4v) is 7.63. The van der Waals surface area contributed by atoms with Crippen molar-refractivity contribution in [1.29, 1.82) is 0 Å². The zero-order valence-corrected chi connectivity index (χ0v) is 30.5. The van der Waals surface area contributed by atoms with E-state index in [4.69, 9.17) is 0 Å². The Labute approximate surface area is 324 Å². The van der Waals surface area contributed by atoms with Crippen LogP contribution in [0.1, 0.15) is 0 Å². The molecule has 260 valence electrons. The summed E-state index contributed by atoms with van der Waals surface area (Å²) in [7, 11) is 0. The minimum absolute atomic E-state index is 1.08. The number of rotatable bonds is 9. The molecule has 0 N–H and O–H groups in total. The predicted octanol–water partition coefficient (Wildman–Crippen LogP) is 15.2. The molecule has 1 heteroatoms. The average molecular weight is 702 g/mol. The van der Waals surface area contributed by atoms with Gasteiger partial charge in [-0.25, -0.2) is 0 Å². The van der Waals surface area contributed by atoms with Crippen LogP contribution in [0.25, 0.3) is 66.8 Å². The molecule has 9 rings (SSSR count). The molecule has 0 aliphatic carbocycles. The number of hydrogen-bond acceptors (Lipinski definition) is 1. The summed E-state index contributed by atoms with van der Waals surface area (Å²) in [6.07, 6.45) is 0. The third-order valence-electron chi connectivity index (χ3n) is 10.3. The van der Waals surface area contributed by atoms with Crippen LogP contribution in [0.15, 0.2) is 237 Å². The van der Waals surface area contributed by atoms with Gasteiger partial charge in [0.05, 0.1) is 5.69 Å². The molecule has 9 aromatic carbocycles. The molecule has 0 spiro atoms. The summed E-state index contributed by atoms with van der Waals surface area (Å²) < 4.78 is 0. The SMILES string of the molecule is c1ccc(-c2cccc(-c3ccc(N(c4cccc(-c5ccccc5)c4)c4cccc(-c5ccccc5)c4-c4ccccc4-c4ccccc4)cc3)c2)cc1. The predicted molar refractivity (Wildman–Crippen MR) is 234 cm³/mol. The van der Waals surface area contributed by atoms with Crippen LogP contribution < -0.4 is 4.90 Å². The van der Waals surface area contributed by atoms with Crippen LogP contribution in [-0.2, 0) is 0 Å². The molecule has 0 fully saturated rings. The van der Waals surface area contributed by atoms with Crippen LogP contribution in [-0.4, -0.2) is 0 Å². The Bertz CT molecular complexity index is 2670. The van der Waals surface area contributed by atoms with Crippen molar-refractivity contribution in [1.82, 2.24) is 0 Å². The van der Waals surface area contributed by atoms with Gasteiger partial charge < -0.3 is 4.90 Å². The molecular formula is C54H39N. The first kappa shape index (κ1) is 33.6. The van der Waals surface area contributed by atoms with Crippen molar-refractivity contribution in [3.63, 3.8) is 0 Å². The van der Waals surface area contributed by atoms with Crippen LogP contribution in [0.4, 0.5) is 17.1 Å². The number of anilines is 3. The quantitative estimate of drug-likeness (QED) is 0.145. The first-order valence-corrected chi connectivity index (χ1v) is 18.8. The normalized spacial score (nSPS) is 10.9. The van der Waals surface area contributed by atoms with E-state index in [9.17, 15) is 0 Å². The number of nitrogens with zero attached hydrogens (tertiary/aromatic N) is 1. The second kappa shape index (κ2) is 15.4. The van der Waals surface area contributed by atoms with Crippen molar-refractivity contribution in [2.45, 2.75) is 0 Å². The van der Waals surface area contributed by atoms with Crippen LogP contribution in [0.3, 0.4) is 0 Å². The van der Waals surface area contributed by atoms with Crippen LogP contribution >= 0.6 is 0 Å². The molecule has 0 heterocycles. The Hall–Kier alpha value is -7.22. The molecule has 0 saturated carbocycles. The van der Waals surface area contributed by atoms with Gasteiger partial charge in [-0.1, -0.05) is 200 Å². The largest absolute Gasteiger partial charge is 0.310 e. The van der Waals surface area contributed by atoms with Gasteiger partial charge in [0.15, 0.2) is 0 Å². The zero-order valence-electron chi connectivity index (χ0n) is 30.5. The van der Waals surface area contributed by atoms with E-state index >= 15 is 0 Å². The van der Waals surface area contributed by atoms with Crippen molar-refractivity contribution in [3.05, 3.63) is 237 Å². The average Bonchev–Trinajstić information content (AvgIpc) is 3.28. The fourth-order valence-electron chi connectivity index (χ4n) is 7.63. The molecule has 0 saturated heterocycles. The van der Waals surface area contributed by atoms with E-state index in [1.165, 1.54) is 66.8 Å². The molecule has 0 unspecified atom stereocenters. The standard InChI is InChI=1S/C54H39N/c1-5-18-40(19-6-1)45-26-15-27-46(38-45)42-34-36-48(37-35-42)55(49-29-16-28-47(39-49)41-20-7-2-8-21-41)53-33-17-32-51(44-24-11-4-12-25-44)54(53)52-31-14-13-30-50(52)43-22-9-3-10-23-43/h1-39H. The Morgan fingerprint density at radius 1 is 0.218 bits per heavy atom. The molecule has 0 bridgehead atoms. The van der Waals surface area contributed by atoms with Crippen molar-refractivity contribution in [3.8, 4) is 66.8 Å². The lowest BCUT2D eigenvalue weighted by atomic mass is 9.87. The topological polar surface area (TPSA) is 3.24 Å². The van der Waals surface area contributed by atoms with Gasteiger partial charge in [-0.05, 0) is 97.6 Å². The summed E-state index contributed by atoms with van der Waals surface area (Å²) in [4.78, 5) is 2.43. The monoisotopic (exact) mass is 701 g/mol. The van der Waals surface area contributed by atoms with Gasteiger partial charge >= 0.3 is 0 Å². The Balaban J connectivity index is 1.26. The molecule has 1 nitrogen and oxygen atoms in total. The van der Waals surface area contributed by atoms with Crippen molar-refractivity contribution in [2.75, 3.05) is 4.90 Å². The maximum absolute atomic E-state index is 2.43. The van der Waals surface area contributed by atoms with Crippen molar-refractivity contribution >= 4 is 17.1 Å². The summed E-state index contributed by atoms with van der Waals surface area (Å²) >= 11 is 0. The summed E-state index contributed by atoms with van der Waals surface area (Å²) in [5, 5.41) is 0. The maximum atomic E-state index is 2.43. The minimum Gasteiger partial charge on any atom is -0.310 e. The van der Waals surface area contributed by atoms with Gasteiger partial charge in [0, 0.05) is 16.9 Å². The highest BCUT2D eigenvalue weighted by Gasteiger charge is 2.23. The lowest BCUT2D eigenvalue weighted by molar-refractivity contribution is 1.28. The van der Waals surface area contributed by atoms with Gasteiger partial charge in [0.25, 0.3) is 0 Å². The molecule has 9 aromatic rings. The molecule has 0 aliphatic rings. The van der Waals surface area contributed by atoms with Crippen LogP contribution in [0, 0.1) is 0 Å². The molecule has 0 radical (unpaired) electrons. The van der Waals surface area contributed by atoms with E-state index in [0.29, 0.717) is 0 Å². The molecule has 55 heavy (non-hydrogen) atoms. The van der Waals surface area contributed by atoms with Gasteiger partial charge in [0.2, 0.25) is 0 Å². The lowest BCUT2D eigenvalue weighted by Gasteiger charge is -2.30. The van der Waals surface area contributed by atoms with E-state index < -0.39 is 0 Å². The lowest BCUT2D eigenvalue weighted by Crippen LogP contribution is -2.12. The summed E-state index contributed by atoms with van der Waals surface area (Å²) in [6.45, 7) is 0. The first-order valence-electron chi connectivity index (χ1n) is 18.8. The molecule has 0 amide bonds. The third kappa shape index (κ3) is 7.00. The second-order valence-corrected chi connectivity index (χ2v) is 13.7. The summed E-state index contributed by atoms with van der Waals surface area (Å²) in [6, 6.07) is 85.1. The van der Waals surface area contributed by atoms with E-state index in [2.05, 4.69) is 241 Å². The summed E-state index contributed by atoms with van der Waals surface area (Å²) in [5.41, 5.74) is 17.5. The smallest absolute Gasteiger partial charge is 0.0546 e. The Kier molecular flexibility index (Phi) is 9.41. The summed E-state index contributed by atoms with van der Waals surface area (Å²) in [5.74, 6) is 0. The van der Waals surface area contributed by atoms with E-state index in [-0.39, 0.29) is 0 Å². The Morgan fingerprint density at radius 2 is 0.618 bits per heavy atom. The second-order valence-electron chi connectivity index (χ2n) is 13.7.